The largest absolute Gasteiger partial charge is 0.139 e. The Bertz CT molecular complexity index is 864. The van der Waals surface area contributed by atoms with Crippen LogP contribution in [0.2, 0.25) is 0 Å². The van der Waals surface area contributed by atoms with Crippen molar-refractivity contribution in [3.05, 3.63) is 96.7 Å². The molecule has 1 aromatic carbocycles. The molecule has 4 aliphatic carbocycles. The summed E-state index contributed by atoms with van der Waals surface area (Å²) < 4.78 is 0. The second-order valence-corrected chi connectivity index (χ2v) is 7.83. The molecule has 0 radical (unpaired) electrons. The van der Waals surface area contributed by atoms with Crippen LogP contribution < -0.4 is 5.46 Å². The van der Waals surface area contributed by atoms with Crippen LogP contribution in [0.15, 0.2) is 91.1 Å². The summed E-state index contributed by atoms with van der Waals surface area (Å²) in [6.45, 7) is 0. The van der Waals surface area contributed by atoms with Crippen molar-refractivity contribution in [1.29, 1.82) is 0 Å². The van der Waals surface area contributed by atoms with E-state index in [1.54, 1.807) is 0 Å². The summed E-state index contributed by atoms with van der Waals surface area (Å²) in [7, 11) is 2.19. The zero-order valence-electron chi connectivity index (χ0n) is 14.6. The molecule has 0 spiro atoms. The van der Waals surface area contributed by atoms with Crippen molar-refractivity contribution in [2.24, 2.45) is 35.5 Å². The molecule has 25 heavy (non-hydrogen) atoms. The normalized spacial score (nSPS) is 37.2. The molecule has 0 aliphatic heterocycles. The predicted octanol–water partition coefficient (Wildman–Crippen LogP) is 3.86. The summed E-state index contributed by atoms with van der Waals surface area (Å²) in [5, 5.41) is 0. The van der Waals surface area contributed by atoms with Crippen LogP contribution in [0.3, 0.4) is 0 Å². The fourth-order valence-corrected chi connectivity index (χ4v) is 5.20. The van der Waals surface area contributed by atoms with Gasteiger partial charge >= 0.3 is 0 Å². The maximum atomic E-state index is 2.61. The average Bonchev–Trinajstić information content (AvgIpc) is 2.67. The van der Waals surface area contributed by atoms with Crippen molar-refractivity contribution in [3.8, 4) is 0 Å². The molecule has 0 N–H and O–H groups in total. The van der Waals surface area contributed by atoms with Gasteiger partial charge in [0.15, 0.2) is 0 Å². The minimum absolute atomic E-state index is 0.498. The lowest BCUT2D eigenvalue weighted by molar-refractivity contribution is 0.236. The molecule has 6 atom stereocenters. The Morgan fingerprint density at radius 3 is 2.36 bits per heavy atom. The van der Waals surface area contributed by atoms with Gasteiger partial charge < -0.3 is 0 Å². The molecule has 0 heterocycles. The molecule has 0 saturated heterocycles. The second kappa shape index (κ2) is 5.91. The minimum Gasteiger partial charge on any atom is -0.0884 e. The van der Waals surface area contributed by atoms with Gasteiger partial charge in [0.1, 0.15) is 7.85 Å². The molecule has 0 bridgehead atoms. The van der Waals surface area contributed by atoms with Crippen LogP contribution in [0.25, 0.3) is 5.57 Å². The SMILES string of the molecule is Bc1cccc(C2=CC3C4C=CC=CC4C=CC3C3C=CC=CC23)c1. The van der Waals surface area contributed by atoms with E-state index in [-0.39, 0.29) is 0 Å². The Hall–Kier alpha value is -2.28. The van der Waals surface area contributed by atoms with Gasteiger partial charge in [-0.1, -0.05) is 96.6 Å². The topological polar surface area (TPSA) is 0 Å². The van der Waals surface area contributed by atoms with E-state index < -0.39 is 0 Å². The summed E-state index contributed by atoms with van der Waals surface area (Å²) >= 11 is 0. The molecule has 122 valence electrons. The molecule has 0 nitrogen and oxygen atoms in total. The van der Waals surface area contributed by atoms with Gasteiger partial charge in [0.2, 0.25) is 0 Å². The lowest BCUT2D eigenvalue weighted by Gasteiger charge is -2.46. The Morgan fingerprint density at radius 2 is 1.48 bits per heavy atom. The lowest BCUT2D eigenvalue weighted by atomic mass is 9.57. The van der Waals surface area contributed by atoms with Gasteiger partial charge in [0.25, 0.3) is 0 Å². The van der Waals surface area contributed by atoms with Gasteiger partial charge in [-0.05, 0) is 34.8 Å². The zero-order valence-corrected chi connectivity index (χ0v) is 14.6. The van der Waals surface area contributed by atoms with Gasteiger partial charge in [0.05, 0.1) is 0 Å². The highest BCUT2D eigenvalue weighted by molar-refractivity contribution is 6.32. The van der Waals surface area contributed by atoms with Crippen LogP contribution in [0, 0.1) is 35.5 Å². The molecule has 1 aromatic rings. The smallest absolute Gasteiger partial charge is 0.0884 e. The van der Waals surface area contributed by atoms with Crippen molar-refractivity contribution in [2.45, 2.75) is 0 Å². The molecule has 4 aliphatic rings. The second-order valence-electron chi connectivity index (χ2n) is 7.83. The van der Waals surface area contributed by atoms with Gasteiger partial charge in [0, 0.05) is 11.8 Å². The predicted molar refractivity (Wildman–Crippen MR) is 109 cm³/mol. The molecule has 0 aromatic heterocycles. The first-order chi connectivity index (χ1) is 12.3. The van der Waals surface area contributed by atoms with E-state index in [0.717, 1.165) is 0 Å². The number of allylic oxidation sites excluding steroid dienone is 12. The van der Waals surface area contributed by atoms with E-state index in [0.29, 0.717) is 35.5 Å². The maximum Gasteiger partial charge on any atom is 0.139 e. The molecule has 0 fully saturated rings. The molecule has 0 amide bonds. The Morgan fingerprint density at radius 1 is 0.680 bits per heavy atom. The number of benzene rings is 1. The summed E-state index contributed by atoms with van der Waals surface area (Å²) in [5.41, 5.74) is 4.26. The third kappa shape index (κ3) is 2.45. The fraction of sp³-hybridized carbons (Fsp3) is 0.250. The van der Waals surface area contributed by atoms with Crippen molar-refractivity contribution < 1.29 is 0 Å². The van der Waals surface area contributed by atoms with E-state index in [1.165, 1.54) is 16.6 Å². The van der Waals surface area contributed by atoms with Crippen LogP contribution in [-0.4, -0.2) is 7.85 Å². The van der Waals surface area contributed by atoms with E-state index in [1.807, 2.05) is 0 Å². The first-order valence-corrected chi connectivity index (χ1v) is 9.48. The highest BCUT2D eigenvalue weighted by atomic mass is 14.5. The molecule has 1 heteroatoms. The molecular weight excluding hydrogens is 299 g/mol. The molecule has 6 unspecified atom stereocenters. The zero-order chi connectivity index (χ0) is 16.8. The van der Waals surface area contributed by atoms with Crippen LogP contribution >= 0.6 is 0 Å². The van der Waals surface area contributed by atoms with Crippen LogP contribution in [0.4, 0.5) is 0 Å². The van der Waals surface area contributed by atoms with E-state index in [4.69, 9.17) is 0 Å². The fourth-order valence-electron chi connectivity index (χ4n) is 5.20. The van der Waals surface area contributed by atoms with E-state index in [9.17, 15) is 0 Å². The van der Waals surface area contributed by atoms with Crippen LogP contribution in [0.5, 0.6) is 0 Å². The quantitative estimate of drug-likeness (QED) is 0.544. The van der Waals surface area contributed by atoms with E-state index >= 15 is 0 Å². The Balaban J connectivity index is 1.65. The summed E-state index contributed by atoms with van der Waals surface area (Å²) in [5.74, 6) is 3.42. The average molecular weight is 322 g/mol. The van der Waals surface area contributed by atoms with Crippen LogP contribution in [-0.2, 0) is 0 Å². The number of rotatable bonds is 1. The van der Waals surface area contributed by atoms with Crippen molar-refractivity contribution in [3.63, 3.8) is 0 Å². The van der Waals surface area contributed by atoms with Crippen LogP contribution in [0.1, 0.15) is 5.56 Å². The third-order valence-electron chi connectivity index (χ3n) is 6.37. The first-order valence-electron chi connectivity index (χ1n) is 9.48. The minimum atomic E-state index is 0.498. The van der Waals surface area contributed by atoms with Gasteiger partial charge in [-0.15, -0.1) is 0 Å². The lowest BCUT2D eigenvalue weighted by Crippen LogP contribution is -2.39. The number of hydrogen-bond donors (Lipinski definition) is 0. The highest BCUT2D eigenvalue weighted by Crippen LogP contribution is 2.51. The van der Waals surface area contributed by atoms with Gasteiger partial charge in [-0.25, -0.2) is 0 Å². The molecule has 0 saturated carbocycles. The highest BCUT2D eigenvalue weighted by Gasteiger charge is 2.43. The van der Waals surface area contributed by atoms with Gasteiger partial charge in [-0.2, -0.15) is 0 Å². The van der Waals surface area contributed by atoms with Crippen molar-refractivity contribution in [2.75, 3.05) is 0 Å². The van der Waals surface area contributed by atoms with Gasteiger partial charge in [-0.3, -0.25) is 0 Å². The summed E-state index contributed by atoms with van der Waals surface area (Å²) in [6, 6.07) is 9.02. The monoisotopic (exact) mass is 322 g/mol. The first kappa shape index (κ1) is 15.0. The maximum absolute atomic E-state index is 2.61. The van der Waals surface area contributed by atoms with E-state index in [2.05, 4.69) is 98.9 Å². The summed E-state index contributed by atoms with van der Waals surface area (Å²) in [6.07, 6.45) is 26.1. The third-order valence-corrected chi connectivity index (χ3v) is 6.37. The Kier molecular flexibility index (Phi) is 3.55. The summed E-state index contributed by atoms with van der Waals surface area (Å²) in [4.78, 5) is 0. The number of hydrogen-bond acceptors (Lipinski definition) is 0. The Labute approximate surface area is 151 Å². The molecule has 5 rings (SSSR count). The number of fused-ring (bicyclic) bond motifs is 5. The van der Waals surface area contributed by atoms with Crippen molar-refractivity contribution >= 4 is 18.9 Å². The van der Waals surface area contributed by atoms with Crippen molar-refractivity contribution in [1.82, 2.24) is 0 Å². The molecular formula is C24H23B. The standard InChI is InChI=1S/C24H23B/c25-18-8-5-7-17(14-18)23-15-24-19-9-2-1-6-16(19)12-13-22(24)20-10-3-4-11-21(20)23/h1-16,19-22,24H,25H2.